The summed E-state index contributed by atoms with van der Waals surface area (Å²) in [6.07, 6.45) is 0. The van der Waals surface area contributed by atoms with Gasteiger partial charge in [-0.05, 0) is 59.0 Å². The molecule has 0 amide bonds. The minimum Gasteiger partial charge on any atom is -0.378 e. The van der Waals surface area contributed by atoms with E-state index in [0.29, 0.717) is 0 Å². The number of fused-ring (bicyclic) bond motifs is 1. The number of hydrogen-bond acceptors (Lipinski definition) is 1. The second kappa shape index (κ2) is 5.09. The highest BCUT2D eigenvalue weighted by Crippen LogP contribution is 2.22. The largest absolute Gasteiger partial charge is 0.378 e. The van der Waals surface area contributed by atoms with Crippen molar-refractivity contribution in [2.45, 2.75) is 0 Å². The monoisotopic (exact) mass is 378 g/mol. The number of aromatic nitrogens is 2. The molecular weight excluding hydrogens is 361 g/mol. The number of aromatic amines is 1. The molecule has 20 heavy (non-hydrogen) atoms. The van der Waals surface area contributed by atoms with Gasteiger partial charge in [0.15, 0.2) is 11.0 Å². The summed E-state index contributed by atoms with van der Waals surface area (Å²) in [6.45, 7) is 0. The summed E-state index contributed by atoms with van der Waals surface area (Å²) in [6, 6.07) is 15.1. The minimum atomic E-state index is 1.13. The maximum atomic E-state index is 3.51. The smallest absolute Gasteiger partial charge is 0.287 e. The first kappa shape index (κ1) is 13.4. The molecule has 0 spiro atoms. The van der Waals surface area contributed by atoms with Gasteiger partial charge >= 0.3 is 0 Å². The standard InChI is InChI=1S/C16H16IN3/c1-19(2)13-7-4-11(5-8-13)16-18-14-10-12(17)6-9-15(14)20(16)3/h4-10H,1-3H3/p+1. The number of aryl methyl sites for hydroxylation is 1. The molecule has 0 aliphatic carbocycles. The third-order valence-corrected chi connectivity index (χ3v) is 4.24. The van der Waals surface area contributed by atoms with Crippen molar-refractivity contribution >= 4 is 39.3 Å². The van der Waals surface area contributed by atoms with Crippen molar-refractivity contribution in [3.05, 3.63) is 46.0 Å². The van der Waals surface area contributed by atoms with E-state index >= 15 is 0 Å². The Morgan fingerprint density at radius 2 is 1.75 bits per heavy atom. The number of H-pyrrole nitrogens is 1. The van der Waals surface area contributed by atoms with Crippen molar-refractivity contribution in [1.29, 1.82) is 0 Å². The van der Waals surface area contributed by atoms with E-state index in [1.165, 1.54) is 25.9 Å². The Labute approximate surface area is 132 Å². The van der Waals surface area contributed by atoms with Crippen LogP contribution in [0.1, 0.15) is 0 Å². The van der Waals surface area contributed by atoms with Gasteiger partial charge in [-0.15, -0.1) is 0 Å². The van der Waals surface area contributed by atoms with Crippen LogP contribution in [0.5, 0.6) is 0 Å². The molecular formula is C16H17IN3+. The van der Waals surface area contributed by atoms with Crippen LogP contribution in [0.4, 0.5) is 5.69 Å². The molecule has 1 N–H and O–H groups in total. The molecule has 1 heterocycles. The molecule has 0 radical (unpaired) electrons. The molecule has 3 aromatic rings. The second-order valence-electron chi connectivity index (χ2n) is 5.14. The first-order chi connectivity index (χ1) is 9.56. The van der Waals surface area contributed by atoms with E-state index in [0.717, 1.165) is 5.82 Å². The van der Waals surface area contributed by atoms with E-state index < -0.39 is 0 Å². The average molecular weight is 378 g/mol. The van der Waals surface area contributed by atoms with Gasteiger partial charge in [-0.3, -0.25) is 0 Å². The normalized spacial score (nSPS) is 11.0. The topological polar surface area (TPSA) is 22.9 Å². The Balaban J connectivity index is 2.11. The molecule has 0 bridgehead atoms. The van der Waals surface area contributed by atoms with Gasteiger partial charge in [0, 0.05) is 29.4 Å². The van der Waals surface area contributed by atoms with Gasteiger partial charge in [0.1, 0.15) is 0 Å². The molecule has 0 unspecified atom stereocenters. The van der Waals surface area contributed by atoms with Crippen molar-refractivity contribution in [2.75, 3.05) is 19.0 Å². The van der Waals surface area contributed by atoms with Gasteiger partial charge in [-0.25, -0.2) is 9.55 Å². The molecule has 0 fully saturated rings. The maximum absolute atomic E-state index is 3.51. The highest BCUT2D eigenvalue weighted by molar-refractivity contribution is 14.1. The van der Waals surface area contributed by atoms with Crippen LogP contribution in [0.2, 0.25) is 0 Å². The van der Waals surface area contributed by atoms with Gasteiger partial charge in [-0.2, -0.15) is 0 Å². The van der Waals surface area contributed by atoms with Crippen molar-refractivity contribution in [3.8, 4) is 11.4 Å². The summed E-state index contributed by atoms with van der Waals surface area (Å²) in [5.41, 5.74) is 4.80. The highest BCUT2D eigenvalue weighted by atomic mass is 127. The van der Waals surface area contributed by atoms with Gasteiger partial charge < -0.3 is 4.90 Å². The van der Waals surface area contributed by atoms with Crippen molar-refractivity contribution in [3.63, 3.8) is 0 Å². The number of halogens is 1. The Hall–Kier alpha value is -1.56. The average Bonchev–Trinajstić information content (AvgIpc) is 2.75. The number of anilines is 1. The quantitative estimate of drug-likeness (QED) is 0.537. The van der Waals surface area contributed by atoms with Crippen LogP contribution in [-0.4, -0.2) is 19.1 Å². The number of nitrogens with zero attached hydrogens (tertiary/aromatic N) is 2. The number of rotatable bonds is 2. The fraction of sp³-hybridized carbons (Fsp3) is 0.188. The fourth-order valence-electron chi connectivity index (χ4n) is 2.42. The predicted molar refractivity (Wildman–Crippen MR) is 92.0 cm³/mol. The Kier molecular flexibility index (Phi) is 3.41. The first-order valence-corrected chi connectivity index (χ1v) is 7.59. The van der Waals surface area contributed by atoms with Crippen LogP contribution in [0.25, 0.3) is 22.4 Å². The van der Waals surface area contributed by atoms with Gasteiger partial charge in [0.25, 0.3) is 5.82 Å². The highest BCUT2D eigenvalue weighted by Gasteiger charge is 2.17. The Bertz CT molecular complexity index is 757. The third-order valence-electron chi connectivity index (χ3n) is 3.57. The fourth-order valence-corrected chi connectivity index (χ4v) is 2.91. The van der Waals surface area contributed by atoms with E-state index in [2.05, 4.69) is 101 Å². The molecule has 0 atom stereocenters. The maximum Gasteiger partial charge on any atom is 0.287 e. The van der Waals surface area contributed by atoms with E-state index in [1.807, 2.05) is 0 Å². The van der Waals surface area contributed by atoms with Gasteiger partial charge in [0.2, 0.25) is 0 Å². The molecule has 0 aliphatic rings. The number of benzene rings is 2. The zero-order chi connectivity index (χ0) is 14.3. The van der Waals surface area contributed by atoms with Crippen LogP contribution >= 0.6 is 22.6 Å². The summed E-state index contributed by atoms with van der Waals surface area (Å²) >= 11 is 2.34. The summed E-state index contributed by atoms with van der Waals surface area (Å²) in [4.78, 5) is 5.62. The molecule has 1 aromatic heterocycles. The Morgan fingerprint density at radius 1 is 1.05 bits per heavy atom. The summed E-state index contributed by atoms with van der Waals surface area (Å²) in [7, 11) is 6.21. The van der Waals surface area contributed by atoms with Crippen LogP contribution in [0.3, 0.4) is 0 Å². The van der Waals surface area contributed by atoms with E-state index in [4.69, 9.17) is 0 Å². The lowest BCUT2D eigenvalue weighted by Crippen LogP contribution is -2.29. The van der Waals surface area contributed by atoms with Gasteiger partial charge in [0.05, 0.1) is 12.6 Å². The zero-order valence-corrected chi connectivity index (χ0v) is 14.0. The molecule has 2 aromatic carbocycles. The molecule has 0 saturated heterocycles. The molecule has 3 rings (SSSR count). The van der Waals surface area contributed by atoms with E-state index in [9.17, 15) is 0 Å². The zero-order valence-electron chi connectivity index (χ0n) is 11.8. The number of nitrogens with one attached hydrogen (secondary N) is 1. The lowest BCUT2D eigenvalue weighted by atomic mass is 10.2. The van der Waals surface area contributed by atoms with E-state index in [-0.39, 0.29) is 0 Å². The molecule has 0 aliphatic heterocycles. The summed E-state index contributed by atoms with van der Waals surface area (Å²) in [5.74, 6) is 1.13. The van der Waals surface area contributed by atoms with Crippen LogP contribution in [0, 0.1) is 3.57 Å². The van der Waals surface area contributed by atoms with Crippen molar-refractivity contribution in [1.82, 2.24) is 4.98 Å². The summed E-state index contributed by atoms with van der Waals surface area (Å²) < 4.78 is 3.45. The predicted octanol–water partition coefficient (Wildman–Crippen LogP) is 3.33. The molecule has 4 heteroatoms. The molecule has 3 nitrogen and oxygen atoms in total. The lowest BCUT2D eigenvalue weighted by Gasteiger charge is -2.11. The van der Waals surface area contributed by atoms with E-state index in [1.54, 1.807) is 0 Å². The lowest BCUT2D eigenvalue weighted by molar-refractivity contribution is -0.633. The van der Waals surface area contributed by atoms with Crippen molar-refractivity contribution < 1.29 is 4.57 Å². The summed E-state index contributed by atoms with van der Waals surface area (Å²) in [5, 5.41) is 0. The van der Waals surface area contributed by atoms with Crippen LogP contribution in [-0.2, 0) is 7.05 Å². The van der Waals surface area contributed by atoms with Crippen molar-refractivity contribution in [2.24, 2.45) is 7.05 Å². The second-order valence-corrected chi connectivity index (χ2v) is 6.38. The minimum absolute atomic E-state index is 1.13. The third kappa shape index (κ3) is 2.28. The number of imidazole rings is 1. The van der Waals surface area contributed by atoms with Crippen LogP contribution < -0.4 is 9.47 Å². The van der Waals surface area contributed by atoms with Crippen LogP contribution in [0.15, 0.2) is 42.5 Å². The Morgan fingerprint density at radius 3 is 2.40 bits per heavy atom. The molecule has 0 saturated carbocycles. The first-order valence-electron chi connectivity index (χ1n) is 6.51. The molecule has 102 valence electrons. The SMILES string of the molecule is CN(C)c1ccc(-c2[nH]c3cc(I)ccc3[n+]2C)cc1. The van der Waals surface area contributed by atoms with Gasteiger partial charge in [-0.1, -0.05) is 0 Å². The number of hydrogen-bond donors (Lipinski definition) is 1.